The highest BCUT2D eigenvalue weighted by Crippen LogP contribution is 2.37. The van der Waals surface area contributed by atoms with Gasteiger partial charge in [-0.1, -0.05) is 30.3 Å². The largest absolute Gasteiger partial charge is 0.454 e. The van der Waals surface area contributed by atoms with Crippen LogP contribution >= 0.6 is 0 Å². The fourth-order valence-corrected chi connectivity index (χ4v) is 3.82. The molecule has 0 atom stereocenters. The number of aryl methyl sites for hydroxylation is 1. The third-order valence-electron chi connectivity index (χ3n) is 5.55. The third-order valence-corrected chi connectivity index (χ3v) is 5.55. The first-order valence-electron chi connectivity index (χ1n) is 9.79. The van der Waals surface area contributed by atoms with Crippen LogP contribution in [0, 0.1) is 0 Å². The fraction of sp³-hybridized carbons (Fsp3) is 0.227. The van der Waals surface area contributed by atoms with Crippen molar-refractivity contribution in [3.05, 3.63) is 74.9 Å². The number of fused-ring (bicyclic) bond motifs is 2. The maximum absolute atomic E-state index is 13.1. The van der Waals surface area contributed by atoms with Gasteiger partial charge in [-0.2, -0.15) is 4.98 Å². The SMILES string of the molecule is CN(c1ccc2c(c1)OCO2)c1nc2c(c(=O)n(C)c(=O)n2C)n1Cc1ccccc1. The van der Waals surface area contributed by atoms with Gasteiger partial charge in [0.1, 0.15) is 0 Å². The van der Waals surface area contributed by atoms with E-state index in [4.69, 9.17) is 14.5 Å². The summed E-state index contributed by atoms with van der Waals surface area (Å²) in [5, 5.41) is 0. The topological polar surface area (TPSA) is 83.5 Å². The van der Waals surface area contributed by atoms with Crippen molar-refractivity contribution in [2.75, 3.05) is 18.7 Å². The van der Waals surface area contributed by atoms with Crippen LogP contribution in [0.5, 0.6) is 11.5 Å². The van der Waals surface area contributed by atoms with Gasteiger partial charge in [-0.3, -0.25) is 18.5 Å². The Morgan fingerprint density at radius 2 is 1.74 bits per heavy atom. The highest BCUT2D eigenvalue weighted by atomic mass is 16.7. The molecule has 0 unspecified atom stereocenters. The minimum atomic E-state index is -0.417. The number of hydrogen-bond acceptors (Lipinski definition) is 6. The van der Waals surface area contributed by atoms with Crippen LogP contribution in [-0.2, 0) is 20.6 Å². The summed E-state index contributed by atoms with van der Waals surface area (Å²) in [6.07, 6.45) is 0. The van der Waals surface area contributed by atoms with Crippen molar-refractivity contribution in [3.63, 3.8) is 0 Å². The molecule has 0 fully saturated rings. The van der Waals surface area contributed by atoms with Gasteiger partial charge in [0.2, 0.25) is 12.7 Å². The van der Waals surface area contributed by atoms with Crippen molar-refractivity contribution in [2.45, 2.75) is 6.54 Å². The maximum Gasteiger partial charge on any atom is 0.332 e. The molecule has 31 heavy (non-hydrogen) atoms. The molecule has 4 aromatic rings. The second-order valence-corrected chi connectivity index (χ2v) is 7.46. The standard InChI is InChI=1S/C22H21N5O4/c1-24(15-9-10-16-17(11-15)31-13-30-16)21-23-19-18(20(28)26(3)22(29)25(19)2)27(21)12-14-7-5-4-6-8-14/h4-11H,12-13H2,1-3H3. The van der Waals surface area contributed by atoms with Crippen LogP contribution < -0.4 is 25.6 Å². The number of benzene rings is 2. The van der Waals surface area contributed by atoms with E-state index >= 15 is 0 Å². The number of rotatable bonds is 4. The second-order valence-electron chi connectivity index (χ2n) is 7.46. The van der Waals surface area contributed by atoms with Gasteiger partial charge in [0.15, 0.2) is 22.7 Å². The van der Waals surface area contributed by atoms with Gasteiger partial charge < -0.3 is 14.4 Å². The molecule has 0 spiro atoms. The van der Waals surface area contributed by atoms with E-state index in [0.717, 1.165) is 15.8 Å². The van der Waals surface area contributed by atoms with E-state index in [2.05, 4.69) is 0 Å². The van der Waals surface area contributed by atoms with Crippen molar-refractivity contribution in [2.24, 2.45) is 14.1 Å². The van der Waals surface area contributed by atoms with Crippen LogP contribution in [0.3, 0.4) is 0 Å². The van der Waals surface area contributed by atoms with Crippen molar-refractivity contribution < 1.29 is 9.47 Å². The predicted molar refractivity (Wildman–Crippen MR) is 116 cm³/mol. The number of anilines is 2. The molecule has 158 valence electrons. The zero-order valence-corrected chi connectivity index (χ0v) is 17.4. The Morgan fingerprint density at radius 3 is 2.52 bits per heavy atom. The molecule has 9 heteroatoms. The molecule has 2 aromatic carbocycles. The predicted octanol–water partition coefficient (Wildman–Crippen LogP) is 1.98. The zero-order valence-electron chi connectivity index (χ0n) is 17.4. The number of ether oxygens (including phenoxy) is 2. The highest BCUT2D eigenvalue weighted by molar-refractivity contribution is 5.77. The number of imidazole rings is 1. The van der Waals surface area contributed by atoms with E-state index in [1.807, 2.05) is 65.0 Å². The van der Waals surface area contributed by atoms with Gasteiger partial charge in [0.25, 0.3) is 5.56 Å². The molecule has 1 aliphatic heterocycles. The Morgan fingerprint density at radius 1 is 1.00 bits per heavy atom. The second kappa shape index (κ2) is 7.05. The van der Waals surface area contributed by atoms with Crippen molar-refractivity contribution in [1.82, 2.24) is 18.7 Å². The molecule has 1 aliphatic rings. The molecule has 3 heterocycles. The van der Waals surface area contributed by atoms with Gasteiger partial charge in [0, 0.05) is 32.9 Å². The summed E-state index contributed by atoms with van der Waals surface area (Å²) < 4.78 is 15.3. The average molecular weight is 419 g/mol. The number of nitrogens with zero attached hydrogens (tertiary/aromatic N) is 5. The minimum absolute atomic E-state index is 0.188. The summed E-state index contributed by atoms with van der Waals surface area (Å²) in [6.45, 7) is 0.613. The molecule has 2 aromatic heterocycles. The molecule has 0 saturated heterocycles. The van der Waals surface area contributed by atoms with E-state index in [9.17, 15) is 9.59 Å². The number of hydrogen-bond donors (Lipinski definition) is 0. The third kappa shape index (κ3) is 2.97. The smallest absolute Gasteiger partial charge is 0.332 e. The Kier molecular flexibility index (Phi) is 4.32. The van der Waals surface area contributed by atoms with Crippen molar-refractivity contribution in [3.8, 4) is 11.5 Å². The summed E-state index contributed by atoms with van der Waals surface area (Å²) >= 11 is 0. The van der Waals surface area contributed by atoms with E-state index in [-0.39, 0.29) is 12.4 Å². The van der Waals surface area contributed by atoms with Crippen LogP contribution in [0.2, 0.25) is 0 Å². The lowest BCUT2D eigenvalue weighted by Crippen LogP contribution is -2.37. The maximum atomic E-state index is 13.1. The van der Waals surface area contributed by atoms with Crippen molar-refractivity contribution >= 4 is 22.8 Å². The highest BCUT2D eigenvalue weighted by Gasteiger charge is 2.23. The molecule has 0 aliphatic carbocycles. The lowest BCUT2D eigenvalue weighted by Gasteiger charge is -2.20. The summed E-state index contributed by atoms with van der Waals surface area (Å²) in [5.41, 5.74) is 1.74. The lowest BCUT2D eigenvalue weighted by atomic mass is 10.2. The zero-order chi connectivity index (χ0) is 21.7. The summed E-state index contributed by atoms with van der Waals surface area (Å²) in [7, 11) is 4.96. The summed E-state index contributed by atoms with van der Waals surface area (Å²) in [5.74, 6) is 1.88. The Hall–Kier alpha value is -4.01. The van der Waals surface area contributed by atoms with Crippen LogP contribution in [-0.4, -0.2) is 32.5 Å². The minimum Gasteiger partial charge on any atom is -0.454 e. The molecule has 0 bridgehead atoms. The molecule has 5 rings (SSSR count). The summed E-state index contributed by atoms with van der Waals surface area (Å²) in [6, 6.07) is 15.4. The van der Waals surface area contributed by atoms with Gasteiger partial charge in [-0.25, -0.2) is 4.79 Å². The van der Waals surface area contributed by atoms with Gasteiger partial charge in [-0.15, -0.1) is 0 Å². The lowest BCUT2D eigenvalue weighted by molar-refractivity contribution is 0.174. The first kappa shape index (κ1) is 19.0. The van der Waals surface area contributed by atoms with Crippen molar-refractivity contribution in [1.29, 1.82) is 0 Å². The molecule has 0 radical (unpaired) electrons. The van der Waals surface area contributed by atoms with Crippen LogP contribution in [0.25, 0.3) is 11.2 Å². The fourth-order valence-electron chi connectivity index (χ4n) is 3.82. The Labute approximate surface area is 177 Å². The molecule has 0 amide bonds. The molecule has 9 nitrogen and oxygen atoms in total. The van der Waals surface area contributed by atoms with E-state index in [0.29, 0.717) is 35.2 Å². The Bertz CT molecular complexity index is 1420. The van der Waals surface area contributed by atoms with Crippen LogP contribution in [0.4, 0.5) is 11.6 Å². The van der Waals surface area contributed by atoms with E-state index < -0.39 is 5.69 Å². The monoisotopic (exact) mass is 419 g/mol. The van der Waals surface area contributed by atoms with E-state index in [1.54, 1.807) is 7.05 Å². The molecule has 0 N–H and O–H groups in total. The van der Waals surface area contributed by atoms with Crippen LogP contribution in [0.15, 0.2) is 58.1 Å². The van der Waals surface area contributed by atoms with Gasteiger partial charge >= 0.3 is 5.69 Å². The average Bonchev–Trinajstić information content (AvgIpc) is 3.41. The molecular formula is C22H21N5O4. The Balaban J connectivity index is 1.74. The first-order chi connectivity index (χ1) is 15.0. The van der Waals surface area contributed by atoms with Gasteiger partial charge in [-0.05, 0) is 17.7 Å². The van der Waals surface area contributed by atoms with Crippen LogP contribution in [0.1, 0.15) is 5.56 Å². The normalized spacial score (nSPS) is 12.5. The van der Waals surface area contributed by atoms with Gasteiger partial charge in [0.05, 0.1) is 6.54 Å². The quantitative estimate of drug-likeness (QED) is 0.503. The number of aromatic nitrogens is 4. The summed E-state index contributed by atoms with van der Waals surface area (Å²) in [4.78, 5) is 32.1. The molecule has 0 saturated carbocycles. The first-order valence-corrected chi connectivity index (χ1v) is 9.79. The molecular weight excluding hydrogens is 398 g/mol. The van der Waals surface area contributed by atoms with E-state index in [1.165, 1.54) is 11.6 Å².